The SMILES string of the molecule is CCN(C)C(=O)CNc1nc(NN)nc2sc(C)cc12. The van der Waals surface area contributed by atoms with Gasteiger partial charge in [0.25, 0.3) is 0 Å². The van der Waals surface area contributed by atoms with Crippen LogP contribution in [0.1, 0.15) is 11.8 Å². The van der Waals surface area contributed by atoms with E-state index in [9.17, 15) is 4.79 Å². The molecule has 1 amide bonds. The van der Waals surface area contributed by atoms with Gasteiger partial charge in [0.05, 0.1) is 11.9 Å². The average molecular weight is 294 g/mol. The number of rotatable bonds is 5. The molecule has 0 aliphatic heterocycles. The third-order valence-electron chi connectivity index (χ3n) is 2.95. The number of likely N-dealkylation sites (N-methyl/N-ethyl adjacent to an activating group) is 1. The predicted molar refractivity (Wildman–Crippen MR) is 81.8 cm³/mol. The number of nitrogens with zero attached hydrogens (tertiary/aromatic N) is 3. The van der Waals surface area contributed by atoms with Crippen LogP contribution in [-0.2, 0) is 4.79 Å². The number of amides is 1. The molecule has 2 rings (SSSR count). The van der Waals surface area contributed by atoms with Crippen LogP contribution in [0.15, 0.2) is 6.07 Å². The van der Waals surface area contributed by atoms with E-state index in [0.29, 0.717) is 18.3 Å². The summed E-state index contributed by atoms with van der Waals surface area (Å²) < 4.78 is 0. The first kappa shape index (κ1) is 14.5. The molecule has 0 unspecified atom stereocenters. The fraction of sp³-hybridized carbons (Fsp3) is 0.417. The lowest BCUT2D eigenvalue weighted by atomic mass is 10.3. The predicted octanol–water partition coefficient (Wildman–Crippen LogP) is 1.18. The molecular weight excluding hydrogens is 276 g/mol. The van der Waals surface area contributed by atoms with Crippen LogP contribution >= 0.6 is 11.3 Å². The van der Waals surface area contributed by atoms with Gasteiger partial charge in [0.15, 0.2) is 0 Å². The first-order valence-electron chi connectivity index (χ1n) is 6.27. The third kappa shape index (κ3) is 2.97. The number of aryl methyl sites for hydroxylation is 1. The first-order chi connectivity index (χ1) is 9.55. The summed E-state index contributed by atoms with van der Waals surface area (Å²) in [6.07, 6.45) is 0. The number of anilines is 2. The molecule has 0 spiro atoms. The number of thiophene rings is 1. The molecule has 0 aromatic carbocycles. The van der Waals surface area contributed by atoms with Crippen LogP contribution in [0.2, 0.25) is 0 Å². The summed E-state index contributed by atoms with van der Waals surface area (Å²) in [6.45, 7) is 4.80. The lowest BCUT2D eigenvalue weighted by Crippen LogP contribution is -2.32. The van der Waals surface area contributed by atoms with Gasteiger partial charge >= 0.3 is 0 Å². The highest BCUT2D eigenvalue weighted by atomic mass is 32.1. The van der Waals surface area contributed by atoms with Crippen LogP contribution in [0.25, 0.3) is 10.2 Å². The minimum Gasteiger partial charge on any atom is -0.360 e. The molecule has 0 aliphatic carbocycles. The van der Waals surface area contributed by atoms with Gasteiger partial charge in [0, 0.05) is 18.5 Å². The van der Waals surface area contributed by atoms with Crippen molar-refractivity contribution in [2.45, 2.75) is 13.8 Å². The van der Waals surface area contributed by atoms with Crippen molar-refractivity contribution >= 4 is 39.2 Å². The van der Waals surface area contributed by atoms with Gasteiger partial charge in [-0.1, -0.05) is 0 Å². The van der Waals surface area contributed by atoms with Crippen LogP contribution in [0.4, 0.5) is 11.8 Å². The van der Waals surface area contributed by atoms with Gasteiger partial charge in [-0.25, -0.2) is 10.8 Å². The number of hydrogen-bond donors (Lipinski definition) is 3. The first-order valence-corrected chi connectivity index (χ1v) is 7.09. The van der Waals surface area contributed by atoms with Crippen LogP contribution in [0.5, 0.6) is 0 Å². The van der Waals surface area contributed by atoms with E-state index in [4.69, 9.17) is 5.84 Å². The summed E-state index contributed by atoms with van der Waals surface area (Å²) in [5.41, 5.74) is 2.44. The van der Waals surface area contributed by atoms with E-state index in [1.807, 2.05) is 19.9 Å². The second-order valence-corrected chi connectivity index (χ2v) is 5.61. The van der Waals surface area contributed by atoms with Crippen molar-refractivity contribution in [3.8, 4) is 0 Å². The lowest BCUT2D eigenvalue weighted by molar-refractivity contribution is -0.127. The molecule has 2 aromatic heterocycles. The molecule has 4 N–H and O–H groups in total. The Morgan fingerprint density at radius 2 is 2.25 bits per heavy atom. The molecule has 0 radical (unpaired) electrons. The fourth-order valence-corrected chi connectivity index (χ4v) is 2.59. The number of hydrazine groups is 1. The maximum atomic E-state index is 11.8. The van der Waals surface area contributed by atoms with Gasteiger partial charge in [-0.15, -0.1) is 11.3 Å². The fourth-order valence-electron chi connectivity index (χ4n) is 1.71. The molecule has 2 aromatic rings. The van der Waals surface area contributed by atoms with E-state index in [1.54, 1.807) is 23.3 Å². The van der Waals surface area contributed by atoms with Crippen LogP contribution in [0.3, 0.4) is 0 Å². The van der Waals surface area contributed by atoms with Crippen molar-refractivity contribution in [3.05, 3.63) is 10.9 Å². The molecular formula is C12H18N6OS. The largest absolute Gasteiger partial charge is 0.360 e. The molecule has 2 heterocycles. The number of hydrogen-bond acceptors (Lipinski definition) is 7. The standard InChI is InChI=1S/C12H18N6OS/c1-4-18(3)9(19)6-14-10-8-5-7(2)20-11(8)16-12(15-10)17-13/h5H,4,6,13H2,1-3H3,(H2,14,15,16,17). The Morgan fingerprint density at radius 1 is 1.50 bits per heavy atom. The van der Waals surface area contributed by atoms with E-state index in [2.05, 4.69) is 20.7 Å². The Kier molecular flexibility index (Phi) is 4.35. The summed E-state index contributed by atoms with van der Waals surface area (Å²) in [6, 6.07) is 2.00. The minimum absolute atomic E-state index is 0.00784. The van der Waals surface area contributed by atoms with Crippen molar-refractivity contribution in [1.29, 1.82) is 0 Å². The van der Waals surface area contributed by atoms with Crippen LogP contribution < -0.4 is 16.6 Å². The maximum Gasteiger partial charge on any atom is 0.241 e. The van der Waals surface area contributed by atoms with E-state index >= 15 is 0 Å². The highest BCUT2D eigenvalue weighted by molar-refractivity contribution is 7.18. The van der Waals surface area contributed by atoms with Crippen molar-refractivity contribution in [2.75, 3.05) is 30.9 Å². The van der Waals surface area contributed by atoms with E-state index in [-0.39, 0.29) is 12.5 Å². The van der Waals surface area contributed by atoms with Gasteiger partial charge < -0.3 is 10.2 Å². The molecule has 0 saturated heterocycles. The summed E-state index contributed by atoms with van der Waals surface area (Å²) in [5.74, 6) is 6.32. The Morgan fingerprint density at radius 3 is 2.90 bits per heavy atom. The lowest BCUT2D eigenvalue weighted by Gasteiger charge is -2.15. The molecule has 20 heavy (non-hydrogen) atoms. The van der Waals surface area contributed by atoms with Crippen molar-refractivity contribution in [1.82, 2.24) is 14.9 Å². The van der Waals surface area contributed by atoms with Gasteiger partial charge in [0.2, 0.25) is 11.9 Å². The topological polar surface area (TPSA) is 96.2 Å². The van der Waals surface area contributed by atoms with Crippen LogP contribution in [0, 0.1) is 6.92 Å². The van der Waals surface area contributed by atoms with Gasteiger partial charge in [-0.05, 0) is 19.9 Å². The Balaban J connectivity index is 2.26. The normalized spacial score (nSPS) is 10.6. The monoisotopic (exact) mass is 294 g/mol. The zero-order valence-electron chi connectivity index (χ0n) is 11.7. The second kappa shape index (κ2) is 6.02. The van der Waals surface area contributed by atoms with Crippen LogP contribution in [-0.4, -0.2) is 40.9 Å². The maximum absolute atomic E-state index is 11.8. The quantitative estimate of drug-likeness (QED) is 0.566. The summed E-state index contributed by atoms with van der Waals surface area (Å²) in [7, 11) is 1.77. The summed E-state index contributed by atoms with van der Waals surface area (Å²) >= 11 is 1.56. The van der Waals surface area contributed by atoms with Crippen molar-refractivity contribution in [3.63, 3.8) is 0 Å². The number of carbonyl (C=O) groups excluding carboxylic acids is 1. The second-order valence-electron chi connectivity index (χ2n) is 4.38. The number of nitrogen functional groups attached to an aromatic ring is 1. The van der Waals surface area contributed by atoms with E-state index in [0.717, 1.165) is 15.1 Å². The number of nitrogens with two attached hydrogens (primary N) is 1. The Labute approximate surface area is 121 Å². The molecule has 0 atom stereocenters. The van der Waals surface area contributed by atoms with Gasteiger partial charge in [0.1, 0.15) is 10.6 Å². The molecule has 0 saturated carbocycles. The zero-order valence-corrected chi connectivity index (χ0v) is 12.5. The smallest absolute Gasteiger partial charge is 0.241 e. The number of fused-ring (bicyclic) bond motifs is 1. The summed E-state index contributed by atoms with van der Waals surface area (Å²) in [4.78, 5) is 24.0. The van der Waals surface area contributed by atoms with Crippen molar-refractivity contribution in [2.24, 2.45) is 5.84 Å². The number of aromatic nitrogens is 2. The summed E-state index contributed by atoms with van der Waals surface area (Å²) in [5, 5.41) is 3.96. The number of carbonyl (C=O) groups is 1. The molecule has 108 valence electrons. The molecule has 7 nitrogen and oxygen atoms in total. The molecule has 0 fully saturated rings. The highest BCUT2D eigenvalue weighted by Gasteiger charge is 2.12. The molecule has 0 bridgehead atoms. The zero-order chi connectivity index (χ0) is 14.7. The number of nitrogens with one attached hydrogen (secondary N) is 2. The van der Waals surface area contributed by atoms with Gasteiger partial charge in [-0.3, -0.25) is 10.2 Å². The van der Waals surface area contributed by atoms with E-state index in [1.165, 1.54) is 0 Å². The molecule has 0 aliphatic rings. The van der Waals surface area contributed by atoms with E-state index < -0.39 is 0 Å². The average Bonchev–Trinajstić information content (AvgIpc) is 2.83. The van der Waals surface area contributed by atoms with Crippen molar-refractivity contribution < 1.29 is 4.79 Å². The third-order valence-corrected chi connectivity index (χ3v) is 3.90. The molecule has 8 heteroatoms. The Hall–Kier alpha value is -1.93. The minimum atomic E-state index is 0.00784. The Bertz CT molecular complexity index is 626. The highest BCUT2D eigenvalue weighted by Crippen LogP contribution is 2.29. The van der Waals surface area contributed by atoms with Gasteiger partial charge in [-0.2, -0.15) is 4.98 Å².